The molecule has 0 saturated carbocycles. The average Bonchev–Trinajstić information content (AvgIpc) is 2.96. The van der Waals surface area contributed by atoms with Crippen LogP contribution in [0.5, 0.6) is 0 Å². The number of amides is 2. The number of para-hydroxylation sites is 1. The van der Waals surface area contributed by atoms with Gasteiger partial charge in [-0.15, -0.1) is 11.8 Å². The molecule has 1 aromatic carbocycles. The third-order valence-electron chi connectivity index (χ3n) is 3.43. The summed E-state index contributed by atoms with van der Waals surface area (Å²) in [6, 6.07) is 9.21. The molecule has 0 aliphatic carbocycles. The van der Waals surface area contributed by atoms with E-state index in [1.54, 1.807) is 18.2 Å². The highest BCUT2D eigenvalue weighted by Gasteiger charge is 2.37. The minimum atomic E-state index is -0.648. The van der Waals surface area contributed by atoms with Crippen molar-refractivity contribution in [1.29, 1.82) is 0 Å². The van der Waals surface area contributed by atoms with Crippen LogP contribution in [-0.4, -0.2) is 32.5 Å². The third-order valence-corrected chi connectivity index (χ3v) is 4.63. The first-order valence-corrected chi connectivity index (χ1v) is 8.01. The van der Waals surface area contributed by atoms with Gasteiger partial charge in [0, 0.05) is 24.0 Å². The number of nitro benzene ring substituents is 1. The van der Waals surface area contributed by atoms with Gasteiger partial charge in [-0.3, -0.25) is 30.1 Å². The maximum Gasteiger partial charge on any atom is 0.275 e. The standard InChI is InChI=1S/C15H12N4O4S/c20-13-9-24-15(11-3-1-2-4-12(11)19(22)23)18(13)17-14(21)10-5-7-16-8-6-10/h1-8,15H,9H2,(H,17,21). The molecule has 2 heterocycles. The summed E-state index contributed by atoms with van der Waals surface area (Å²) in [5.41, 5.74) is 3.16. The molecular formula is C15H12N4O4S. The molecule has 0 spiro atoms. The molecule has 1 aromatic heterocycles. The molecule has 24 heavy (non-hydrogen) atoms. The van der Waals surface area contributed by atoms with Crippen molar-refractivity contribution in [3.05, 3.63) is 70.0 Å². The normalized spacial score (nSPS) is 16.9. The van der Waals surface area contributed by atoms with E-state index in [4.69, 9.17) is 0 Å². The van der Waals surface area contributed by atoms with Crippen molar-refractivity contribution in [1.82, 2.24) is 15.4 Å². The number of nitrogens with zero attached hydrogens (tertiary/aromatic N) is 3. The summed E-state index contributed by atoms with van der Waals surface area (Å²) in [4.78, 5) is 38.9. The molecule has 1 unspecified atom stereocenters. The van der Waals surface area contributed by atoms with E-state index < -0.39 is 16.2 Å². The fraction of sp³-hybridized carbons (Fsp3) is 0.133. The van der Waals surface area contributed by atoms with E-state index in [0.29, 0.717) is 11.1 Å². The molecule has 1 fully saturated rings. The van der Waals surface area contributed by atoms with Gasteiger partial charge < -0.3 is 0 Å². The second-order valence-corrected chi connectivity index (χ2v) is 5.99. The summed E-state index contributed by atoms with van der Waals surface area (Å²) in [6.45, 7) is 0. The molecule has 1 aliphatic rings. The first kappa shape index (κ1) is 15.9. The van der Waals surface area contributed by atoms with Crippen LogP contribution in [0.2, 0.25) is 0 Å². The Morgan fingerprint density at radius 2 is 2.00 bits per heavy atom. The molecule has 8 nitrogen and oxygen atoms in total. The number of hydrazine groups is 1. The Morgan fingerprint density at radius 1 is 1.29 bits per heavy atom. The maximum atomic E-state index is 12.3. The van der Waals surface area contributed by atoms with Crippen LogP contribution in [0.15, 0.2) is 48.8 Å². The van der Waals surface area contributed by atoms with Gasteiger partial charge in [0.25, 0.3) is 17.5 Å². The Bertz CT molecular complexity index is 799. The van der Waals surface area contributed by atoms with Gasteiger partial charge >= 0.3 is 0 Å². The van der Waals surface area contributed by atoms with Crippen molar-refractivity contribution in [2.45, 2.75) is 5.37 Å². The lowest BCUT2D eigenvalue weighted by Crippen LogP contribution is -2.44. The molecule has 9 heteroatoms. The van der Waals surface area contributed by atoms with Crippen LogP contribution in [0.4, 0.5) is 5.69 Å². The highest BCUT2D eigenvalue weighted by molar-refractivity contribution is 8.00. The summed E-state index contributed by atoms with van der Waals surface area (Å²) in [6.07, 6.45) is 2.93. The Balaban J connectivity index is 1.88. The number of rotatable bonds is 4. The predicted octanol–water partition coefficient (Wildman–Crippen LogP) is 1.91. The molecular weight excluding hydrogens is 332 g/mol. The molecule has 1 saturated heterocycles. The van der Waals surface area contributed by atoms with Crippen LogP contribution in [-0.2, 0) is 4.79 Å². The summed E-state index contributed by atoms with van der Waals surface area (Å²) in [5.74, 6) is -0.657. The molecule has 122 valence electrons. The summed E-state index contributed by atoms with van der Waals surface area (Å²) < 4.78 is 0. The van der Waals surface area contributed by atoms with Crippen LogP contribution >= 0.6 is 11.8 Å². The van der Waals surface area contributed by atoms with Gasteiger partial charge in [-0.1, -0.05) is 12.1 Å². The van der Waals surface area contributed by atoms with Crippen molar-refractivity contribution in [2.75, 3.05) is 5.75 Å². The first-order chi connectivity index (χ1) is 11.6. The number of aromatic nitrogens is 1. The van der Waals surface area contributed by atoms with Crippen molar-refractivity contribution >= 4 is 29.3 Å². The number of nitrogens with one attached hydrogen (secondary N) is 1. The number of carbonyl (C=O) groups is 2. The van der Waals surface area contributed by atoms with Crippen molar-refractivity contribution in [3.63, 3.8) is 0 Å². The maximum absolute atomic E-state index is 12.3. The number of pyridine rings is 1. The van der Waals surface area contributed by atoms with Crippen LogP contribution in [0.1, 0.15) is 21.3 Å². The Morgan fingerprint density at radius 3 is 2.71 bits per heavy atom. The minimum Gasteiger partial charge on any atom is -0.272 e. The van der Waals surface area contributed by atoms with Crippen LogP contribution in [0.25, 0.3) is 0 Å². The fourth-order valence-corrected chi connectivity index (χ4v) is 3.45. The quantitative estimate of drug-likeness (QED) is 0.671. The number of nitro groups is 1. The lowest BCUT2D eigenvalue weighted by molar-refractivity contribution is -0.385. The zero-order valence-electron chi connectivity index (χ0n) is 12.3. The molecule has 1 aliphatic heterocycles. The molecule has 1 N–H and O–H groups in total. The molecule has 0 bridgehead atoms. The van der Waals surface area contributed by atoms with E-state index in [-0.39, 0.29) is 17.3 Å². The zero-order valence-corrected chi connectivity index (χ0v) is 13.1. The Labute approximate surface area is 141 Å². The number of hydrogen-bond acceptors (Lipinski definition) is 6. The second kappa shape index (κ2) is 6.67. The topological polar surface area (TPSA) is 105 Å². The third kappa shape index (κ3) is 3.06. The number of benzene rings is 1. The molecule has 3 rings (SSSR count). The van der Waals surface area contributed by atoms with Gasteiger partial charge in [0.1, 0.15) is 5.37 Å². The van der Waals surface area contributed by atoms with Gasteiger partial charge in [-0.25, -0.2) is 5.01 Å². The largest absolute Gasteiger partial charge is 0.275 e. The van der Waals surface area contributed by atoms with Gasteiger partial charge in [-0.2, -0.15) is 0 Å². The van der Waals surface area contributed by atoms with Crippen molar-refractivity contribution in [2.24, 2.45) is 0 Å². The van der Waals surface area contributed by atoms with E-state index >= 15 is 0 Å². The molecule has 1 atom stereocenters. The summed E-state index contributed by atoms with van der Waals surface area (Å²) in [5, 5.41) is 11.7. The summed E-state index contributed by atoms with van der Waals surface area (Å²) in [7, 11) is 0. The van der Waals surface area contributed by atoms with Gasteiger partial charge in [0.15, 0.2) is 0 Å². The minimum absolute atomic E-state index is 0.0899. The van der Waals surface area contributed by atoms with E-state index in [1.165, 1.54) is 42.4 Å². The smallest absolute Gasteiger partial charge is 0.272 e. The average molecular weight is 344 g/mol. The molecule has 2 aromatic rings. The monoisotopic (exact) mass is 344 g/mol. The van der Waals surface area contributed by atoms with E-state index in [1.807, 2.05) is 0 Å². The lowest BCUT2D eigenvalue weighted by atomic mass is 10.1. The first-order valence-electron chi connectivity index (χ1n) is 6.96. The Kier molecular flexibility index (Phi) is 4.43. The van der Waals surface area contributed by atoms with Gasteiger partial charge in [0.2, 0.25) is 0 Å². The van der Waals surface area contributed by atoms with Gasteiger partial charge in [-0.05, 0) is 18.2 Å². The molecule has 2 amide bonds. The van der Waals surface area contributed by atoms with Crippen LogP contribution < -0.4 is 5.43 Å². The SMILES string of the molecule is O=C(NN1C(=O)CSC1c1ccccc1[N+](=O)[O-])c1ccncc1. The lowest BCUT2D eigenvalue weighted by Gasteiger charge is -2.24. The highest BCUT2D eigenvalue weighted by atomic mass is 32.2. The molecule has 0 radical (unpaired) electrons. The number of hydrogen-bond donors (Lipinski definition) is 1. The second-order valence-electron chi connectivity index (χ2n) is 4.92. The summed E-state index contributed by atoms with van der Waals surface area (Å²) >= 11 is 1.23. The van der Waals surface area contributed by atoms with Crippen LogP contribution in [0, 0.1) is 10.1 Å². The van der Waals surface area contributed by atoms with Gasteiger partial charge in [0.05, 0.1) is 16.2 Å². The van der Waals surface area contributed by atoms with E-state index in [2.05, 4.69) is 10.4 Å². The fourth-order valence-electron chi connectivity index (χ4n) is 2.31. The highest BCUT2D eigenvalue weighted by Crippen LogP contribution is 2.41. The number of thioether (sulfide) groups is 1. The van der Waals surface area contributed by atoms with Crippen LogP contribution in [0.3, 0.4) is 0 Å². The van der Waals surface area contributed by atoms with Crippen molar-refractivity contribution < 1.29 is 14.5 Å². The number of carbonyl (C=O) groups excluding carboxylic acids is 2. The zero-order chi connectivity index (χ0) is 17.1. The van der Waals surface area contributed by atoms with E-state index in [0.717, 1.165) is 5.01 Å². The van der Waals surface area contributed by atoms with E-state index in [9.17, 15) is 19.7 Å². The Hall–Kier alpha value is -2.94. The predicted molar refractivity (Wildman–Crippen MR) is 86.8 cm³/mol. The van der Waals surface area contributed by atoms with Crippen molar-refractivity contribution in [3.8, 4) is 0 Å².